The first kappa shape index (κ1) is 9.73. The van der Waals surface area contributed by atoms with Gasteiger partial charge in [-0.2, -0.15) is 0 Å². The van der Waals surface area contributed by atoms with Crippen LogP contribution in [0.25, 0.3) is 0 Å². The first-order valence-corrected chi connectivity index (χ1v) is 4.08. The highest BCUT2D eigenvalue weighted by Crippen LogP contribution is 2.17. The Morgan fingerprint density at radius 2 is 2.54 bits per heavy atom. The quantitative estimate of drug-likeness (QED) is 0.255. The van der Waals surface area contributed by atoms with Gasteiger partial charge < -0.3 is 4.90 Å². The molecule has 5 heteroatoms. The molecular weight excluding hydrogens is 170 g/mol. The maximum Gasteiger partial charge on any atom is 0.239 e. The zero-order valence-electron chi connectivity index (χ0n) is 7.32. The minimum absolute atomic E-state index is 0.0199. The first-order valence-electron chi connectivity index (χ1n) is 4.08. The Hall–Kier alpha value is -1.36. The number of nitrogens with two attached hydrogens (primary N) is 1. The summed E-state index contributed by atoms with van der Waals surface area (Å²) in [6.07, 6.45) is 1.89. The average molecular weight is 183 g/mol. The van der Waals surface area contributed by atoms with Gasteiger partial charge in [-0.3, -0.25) is 15.0 Å². The number of nitrogens with one attached hydrogen (secondary N) is 1. The lowest BCUT2D eigenvalue weighted by atomic mass is 10.1. The molecular formula is C8H13N3O2. The average Bonchev–Trinajstić information content (AvgIpc) is 2.47. The van der Waals surface area contributed by atoms with Crippen LogP contribution in [0, 0.1) is 5.92 Å². The van der Waals surface area contributed by atoms with E-state index >= 15 is 0 Å². The molecule has 1 heterocycles. The fraction of sp³-hybridized carbons (Fsp3) is 0.500. The van der Waals surface area contributed by atoms with Crippen LogP contribution in [0.2, 0.25) is 0 Å². The van der Waals surface area contributed by atoms with Gasteiger partial charge in [0.15, 0.2) is 0 Å². The van der Waals surface area contributed by atoms with Crippen molar-refractivity contribution in [2.75, 3.05) is 13.1 Å². The normalized spacial score (nSPS) is 21.8. The van der Waals surface area contributed by atoms with Crippen LogP contribution >= 0.6 is 0 Å². The maximum atomic E-state index is 11.3. The van der Waals surface area contributed by atoms with Crippen LogP contribution in [-0.4, -0.2) is 29.8 Å². The summed E-state index contributed by atoms with van der Waals surface area (Å²) in [5.74, 6) is 4.36. The number of nitrogens with zero attached hydrogens (tertiary/aromatic N) is 1. The third-order valence-corrected chi connectivity index (χ3v) is 2.08. The van der Waals surface area contributed by atoms with E-state index in [0.717, 1.165) is 0 Å². The Morgan fingerprint density at radius 1 is 1.85 bits per heavy atom. The number of carbonyl (C=O) groups excluding carboxylic acids is 2. The van der Waals surface area contributed by atoms with E-state index < -0.39 is 0 Å². The molecule has 3 N–H and O–H groups in total. The van der Waals surface area contributed by atoms with Crippen LogP contribution in [-0.2, 0) is 9.59 Å². The fourth-order valence-corrected chi connectivity index (χ4v) is 1.40. The SMILES string of the molecule is C=CCN1CC(C(=O)NN)CC1=O. The van der Waals surface area contributed by atoms with Crippen molar-refractivity contribution in [1.29, 1.82) is 0 Å². The molecule has 1 aliphatic heterocycles. The minimum Gasteiger partial charge on any atom is -0.338 e. The predicted octanol–water partition coefficient (Wildman–Crippen LogP) is -0.989. The van der Waals surface area contributed by atoms with Gasteiger partial charge in [0.25, 0.3) is 0 Å². The second-order valence-electron chi connectivity index (χ2n) is 3.00. The van der Waals surface area contributed by atoms with Gasteiger partial charge in [0, 0.05) is 19.5 Å². The van der Waals surface area contributed by atoms with Crippen molar-refractivity contribution < 1.29 is 9.59 Å². The summed E-state index contributed by atoms with van der Waals surface area (Å²) in [4.78, 5) is 23.9. The molecule has 1 fully saturated rings. The molecule has 0 spiro atoms. The van der Waals surface area contributed by atoms with Crippen molar-refractivity contribution in [1.82, 2.24) is 10.3 Å². The number of hydrazine groups is 1. The lowest BCUT2D eigenvalue weighted by Gasteiger charge is -2.12. The molecule has 5 nitrogen and oxygen atoms in total. The third kappa shape index (κ3) is 2.06. The van der Waals surface area contributed by atoms with Crippen molar-refractivity contribution in [2.24, 2.45) is 11.8 Å². The van der Waals surface area contributed by atoms with E-state index in [-0.39, 0.29) is 24.2 Å². The largest absolute Gasteiger partial charge is 0.338 e. The van der Waals surface area contributed by atoms with E-state index in [1.165, 1.54) is 0 Å². The Labute approximate surface area is 76.5 Å². The van der Waals surface area contributed by atoms with Crippen LogP contribution in [0.15, 0.2) is 12.7 Å². The van der Waals surface area contributed by atoms with E-state index in [0.29, 0.717) is 13.1 Å². The van der Waals surface area contributed by atoms with Gasteiger partial charge in [-0.15, -0.1) is 6.58 Å². The summed E-state index contributed by atoms with van der Waals surface area (Å²) in [6.45, 7) is 4.46. The molecule has 0 aromatic rings. The van der Waals surface area contributed by atoms with Crippen LogP contribution in [0.4, 0.5) is 0 Å². The summed E-state index contributed by atoms with van der Waals surface area (Å²) < 4.78 is 0. The van der Waals surface area contributed by atoms with Gasteiger partial charge >= 0.3 is 0 Å². The first-order chi connectivity index (χ1) is 6.19. The van der Waals surface area contributed by atoms with E-state index in [2.05, 4.69) is 6.58 Å². The van der Waals surface area contributed by atoms with Gasteiger partial charge in [-0.1, -0.05) is 6.08 Å². The van der Waals surface area contributed by atoms with Crippen LogP contribution in [0.3, 0.4) is 0 Å². The van der Waals surface area contributed by atoms with E-state index in [4.69, 9.17) is 5.84 Å². The van der Waals surface area contributed by atoms with Crippen molar-refractivity contribution in [3.63, 3.8) is 0 Å². The maximum absolute atomic E-state index is 11.3. The smallest absolute Gasteiger partial charge is 0.239 e. The molecule has 0 bridgehead atoms. The van der Waals surface area contributed by atoms with Gasteiger partial charge in [0.1, 0.15) is 0 Å². The van der Waals surface area contributed by atoms with Crippen LogP contribution in [0.1, 0.15) is 6.42 Å². The molecule has 0 aromatic carbocycles. The highest BCUT2D eigenvalue weighted by atomic mass is 16.2. The lowest BCUT2D eigenvalue weighted by Crippen LogP contribution is -2.37. The standard InChI is InChI=1S/C8H13N3O2/c1-2-3-11-5-6(4-7(11)12)8(13)10-9/h2,6H,1,3-5,9H2,(H,10,13). The molecule has 0 aromatic heterocycles. The van der Waals surface area contributed by atoms with Crippen molar-refractivity contribution in [2.45, 2.75) is 6.42 Å². The molecule has 1 rings (SSSR count). The highest BCUT2D eigenvalue weighted by molar-refractivity contribution is 5.89. The number of amides is 2. The fourth-order valence-electron chi connectivity index (χ4n) is 1.40. The molecule has 1 saturated heterocycles. The van der Waals surface area contributed by atoms with E-state index in [1.807, 2.05) is 5.43 Å². The summed E-state index contributed by atoms with van der Waals surface area (Å²) >= 11 is 0. The zero-order valence-corrected chi connectivity index (χ0v) is 7.32. The Balaban J connectivity index is 2.54. The van der Waals surface area contributed by atoms with Gasteiger partial charge in [0.2, 0.25) is 11.8 Å². The van der Waals surface area contributed by atoms with E-state index in [1.54, 1.807) is 11.0 Å². The monoisotopic (exact) mass is 183 g/mol. The Kier molecular flexibility index (Phi) is 3.02. The molecule has 1 aliphatic rings. The summed E-state index contributed by atoms with van der Waals surface area (Å²) in [6, 6.07) is 0. The summed E-state index contributed by atoms with van der Waals surface area (Å²) in [7, 11) is 0. The van der Waals surface area contributed by atoms with Gasteiger partial charge in [-0.05, 0) is 0 Å². The summed E-state index contributed by atoms with van der Waals surface area (Å²) in [5.41, 5.74) is 2.05. The number of rotatable bonds is 3. The second kappa shape index (κ2) is 4.04. The van der Waals surface area contributed by atoms with Crippen molar-refractivity contribution >= 4 is 11.8 Å². The van der Waals surface area contributed by atoms with Crippen LogP contribution < -0.4 is 11.3 Å². The molecule has 72 valence electrons. The molecule has 1 atom stereocenters. The Bertz CT molecular complexity index is 240. The zero-order chi connectivity index (χ0) is 9.84. The molecule has 0 saturated carbocycles. The topological polar surface area (TPSA) is 75.4 Å². The Morgan fingerprint density at radius 3 is 3.08 bits per heavy atom. The molecule has 2 amide bonds. The lowest BCUT2D eigenvalue weighted by molar-refractivity contribution is -0.128. The molecule has 0 radical (unpaired) electrons. The number of likely N-dealkylation sites (tertiary alicyclic amines) is 1. The molecule has 13 heavy (non-hydrogen) atoms. The number of hydrogen-bond acceptors (Lipinski definition) is 3. The number of carbonyl (C=O) groups is 2. The van der Waals surface area contributed by atoms with Crippen LogP contribution in [0.5, 0.6) is 0 Å². The highest BCUT2D eigenvalue weighted by Gasteiger charge is 2.32. The van der Waals surface area contributed by atoms with Crippen molar-refractivity contribution in [3.8, 4) is 0 Å². The molecule has 1 unspecified atom stereocenters. The number of hydrogen-bond donors (Lipinski definition) is 2. The molecule has 0 aliphatic carbocycles. The summed E-state index contributed by atoms with van der Waals surface area (Å²) in [5, 5.41) is 0. The van der Waals surface area contributed by atoms with E-state index in [9.17, 15) is 9.59 Å². The van der Waals surface area contributed by atoms with Gasteiger partial charge in [0.05, 0.1) is 5.92 Å². The van der Waals surface area contributed by atoms with Gasteiger partial charge in [-0.25, -0.2) is 5.84 Å². The predicted molar refractivity (Wildman–Crippen MR) is 47.2 cm³/mol. The van der Waals surface area contributed by atoms with Crippen molar-refractivity contribution in [3.05, 3.63) is 12.7 Å². The third-order valence-electron chi connectivity index (χ3n) is 2.08. The second-order valence-corrected chi connectivity index (χ2v) is 3.00. The minimum atomic E-state index is -0.308.